The summed E-state index contributed by atoms with van der Waals surface area (Å²) in [4.78, 5) is 4.89. The van der Waals surface area contributed by atoms with E-state index in [0.29, 0.717) is 5.25 Å². The zero-order valence-electron chi connectivity index (χ0n) is 12.7. The maximum absolute atomic E-state index is 4.89. The Labute approximate surface area is 141 Å². The molecule has 0 N–H and O–H groups in total. The summed E-state index contributed by atoms with van der Waals surface area (Å²) in [6.45, 7) is 0.735. The van der Waals surface area contributed by atoms with Crippen LogP contribution in [0.3, 0.4) is 0 Å². The molecule has 1 aliphatic rings. The average Bonchev–Trinajstić information content (AvgIpc) is 3.01. The molecule has 0 aromatic heterocycles. The number of aliphatic imine (C=N–C) groups is 1. The van der Waals surface area contributed by atoms with E-state index in [1.165, 1.54) is 22.3 Å². The molecule has 0 aliphatic carbocycles. The van der Waals surface area contributed by atoms with Gasteiger partial charge in [-0.1, -0.05) is 96.7 Å². The van der Waals surface area contributed by atoms with Crippen LogP contribution in [-0.2, 0) is 6.54 Å². The minimum Gasteiger partial charge on any atom is -0.273 e. The molecule has 0 bridgehead atoms. The number of hydrogen-bond acceptors (Lipinski definition) is 2. The second-order valence-electron chi connectivity index (χ2n) is 5.60. The van der Waals surface area contributed by atoms with Crippen molar-refractivity contribution in [1.82, 2.24) is 0 Å². The molecule has 1 atom stereocenters. The first kappa shape index (κ1) is 14.3. The van der Waals surface area contributed by atoms with Crippen LogP contribution in [0.5, 0.6) is 0 Å². The highest BCUT2D eigenvalue weighted by Crippen LogP contribution is 2.46. The molecule has 4 rings (SSSR count). The summed E-state index contributed by atoms with van der Waals surface area (Å²) in [7, 11) is 0. The second kappa shape index (κ2) is 6.43. The molecule has 2 heteroatoms. The molecule has 0 spiro atoms. The van der Waals surface area contributed by atoms with Gasteiger partial charge in [0.1, 0.15) is 0 Å². The van der Waals surface area contributed by atoms with Gasteiger partial charge in [0.2, 0.25) is 0 Å². The van der Waals surface area contributed by atoms with Crippen LogP contribution in [-0.4, -0.2) is 5.04 Å². The van der Waals surface area contributed by atoms with Crippen molar-refractivity contribution in [3.63, 3.8) is 0 Å². The number of fused-ring (bicyclic) bond motifs is 1. The number of thioether (sulfide) groups is 1. The van der Waals surface area contributed by atoms with Gasteiger partial charge in [-0.3, -0.25) is 4.99 Å². The fourth-order valence-corrected chi connectivity index (χ4v) is 4.20. The van der Waals surface area contributed by atoms with Gasteiger partial charge in [-0.2, -0.15) is 0 Å². The summed E-state index contributed by atoms with van der Waals surface area (Å²) in [5.41, 5.74) is 5.24. The molecule has 0 fully saturated rings. The van der Waals surface area contributed by atoms with E-state index < -0.39 is 0 Å². The van der Waals surface area contributed by atoms with Gasteiger partial charge < -0.3 is 0 Å². The van der Waals surface area contributed by atoms with Crippen molar-refractivity contribution >= 4 is 16.8 Å². The molecule has 23 heavy (non-hydrogen) atoms. The molecule has 1 unspecified atom stereocenters. The maximum Gasteiger partial charge on any atom is 0.0993 e. The van der Waals surface area contributed by atoms with Crippen LogP contribution in [0.25, 0.3) is 0 Å². The summed E-state index contributed by atoms with van der Waals surface area (Å²) in [5, 5.41) is 1.50. The second-order valence-corrected chi connectivity index (χ2v) is 6.70. The molecule has 0 saturated carbocycles. The van der Waals surface area contributed by atoms with Crippen LogP contribution in [0.1, 0.15) is 27.5 Å². The number of hydrogen-bond donors (Lipinski definition) is 0. The van der Waals surface area contributed by atoms with Crippen molar-refractivity contribution in [3.05, 3.63) is 107 Å². The zero-order valence-corrected chi connectivity index (χ0v) is 13.5. The number of benzene rings is 3. The van der Waals surface area contributed by atoms with E-state index in [1.807, 2.05) is 17.8 Å². The Morgan fingerprint density at radius 1 is 0.739 bits per heavy atom. The first-order valence-corrected chi connectivity index (χ1v) is 8.69. The highest BCUT2D eigenvalue weighted by atomic mass is 32.2. The van der Waals surface area contributed by atoms with Gasteiger partial charge in [-0.25, -0.2) is 0 Å². The first-order valence-electron chi connectivity index (χ1n) is 7.81. The largest absolute Gasteiger partial charge is 0.273 e. The standard InChI is InChI=1S/C21H17NS/c1-3-9-16(10-4-1)15-22-21-19-14-8-7-13-18(19)20(23-21)17-11-5-2-6-12-17/h1-14,20H,15H2. The lowest BCUT2D eigenvalue weighted by atomic mass is 10.0. The van der Waals surface area contributed by atoms with Crippen molar-refractivity contribution in [2.45, 2.75) is 11.8 Å². The Morgan fingerprint density at radius 3 is 2.17 bits per heavy atom. The molecule has 1 nitrogen and oxygen atoms in total. The smallest absolute Gasteiger partial charge is 0.0993 e. The van der Waals surface area contributed by atoms with E-state index in [4.69, 9.17) is 4.99 Å². The van der Waals surface area contributed by atoms with Gasteiger partial charge in [0.15, 0.2) is 0 Å². The molecule has 0 amide bonds. The average molecular weight is 315 g/mol. The van der Waals surface area contributed by atoms with Crippen LogP contribution >= 0.6 is 11.8 Å². The normalized spacial score (nSPS) is 18.1. The van der Waals surface area contributed by atoms with Crippen LogP contribution < -0.4 is 0 Å². The molecular formula is C21H17NS. The van der Waals surface area contributed by atoms with E-state index in [1.54, 1.807) is 0 Å². The molecule has 1 heterocycles. The van der Waals surface area contributed by atoms with Crippen molar-refractivity contribution in [1.29, 1.82) is 0 Å². The van der Waals surface area contributed by atoms with E-state index in [9.17, 15) is 0 Å². The van der Waals surface area contributed by atoms with Gasteiger partial charge in [-0.15, -0.1) is 0 Å². The van der Waals surface area contributed by atoms with Crippen LogP contribution in [0.4, 0.5) is 0 Å². The lowest BCUT2D eigenvalue weighted by Crippen LogP contribution is -1.92. The molecule has 3 aromatic rings. The van der Waals surface area contributed by atoms with Crippen LogP contribution in [0, 0.1) is 0 Å². The predicted octanol–water partition coefficient (Wildman–Crippen LogP) is 5.47. The van der Waals surface area contributed by atoms with Crippen molar-refractivity contribution in [3.8, 4) is 0 Å². The molecular weight excluding hydrogens is 298 g/mol. The zero-order chi connectivity index (χ0) is 15.5. The van der Waals surface area contributed by atoms with Crippen LogP contribution in [0.15, 0.2) is 89.9 Å². The highest BCUT2D eigenvalue weighted by Gasteiger charge is 2.29. The first-order chi connectivity index (χ1) is 11.4. The van der Waals surface area contributed by atoms with E-state index in [0.717, 1.165) is 11.6 Å². The summed E-state index contributed by atoms with van der Waals surface area (Å²) < 4.78 is 0. The Balaban J connectivity index is 1.68. The minimum atomic E-state index is 0.349. The van der Waals surface area contributed by atoms with Crippen LogP contribution in [0.2, 0.25) is 0 Å². The van der Waals surface area contributed by atoms with Crippen molar-refractivity contribution in [2.24, 2.45) is 4.99 Å². The SMILES string of the molecule is c1ccc(CN=C2SC(c3ccccc3)c3ccccc32)cc1. The Kier molecular flexibility index (Phi) is 3.99. The monoisotopic (exact) mass is 315 g/mol. The topological polar surface area (TPSA) is 12.4 Å². The van der Waals surface area contributed by atoms with Crippen molar-refractivity contribution < 1.29 is 0 Å². The summed E-state index contributed by atoms with van der Waals surface area (Å²) in [5.74, 6) is 0. The number of nitrogens with zero attached hydrogens (tertiary/aromatic N) is 1. The van der Waals surface area contributed by atoms with E-state index in [-0.39, 0.29) is 0 Å². The van der Waals surface area contributed by atoms with Gasteiger partial charge in [0, 0.05) is 5.56 Å². The quantitative estimate of drug-likeness (QED) is 0.624. The lowest BCUT2D eigenvalue weighted by molar-refractivity contribution is 1.07. The molecule has 3 aromatic carbocycles. The maximum atomic E-state index is 4.89. The minimum absolute atomic E-state index is 0.349. The summed E-state index contributed by atoms with van der Waals surface area (Å²) in [6, 6.07) is 29.8. The van der Waals surface area contributed by atoms with Gasteiger partial charge in [0.25, 0.3) is 0 Å². The highest BCUT2D eigenvalue weighted by molar-refractivity contribution is 8.15. The summed E-state index contributed by atoms with van der Waals surface area (Å²) in [6.07, 6.45) is 0. The molecule has 112 valence electrons. The molecule has 0 radical (unpaired) electrons. The summed E-state index contributed by atoms with van der Waals surface area (Å²) >= 11 is 1.86. The Bertz CT molecular complexity index is 825. The predicted molar refractivity (Wildman–Crippen MR) is 99.0 cm³/mol. The number of rotatable bonds is 3. The van der Waals surface area contributed by atoms with Crippen molar-refractivity contribution in [2.75, 3.05) is 0 Å². The molecule has 0 saturated heterocycles. The van der Waals surface area contributed by atoms with E-state index >= 15 is 0 Å². The van der Waals surface area contributed by atoms with Gasteiger partial charge in [0.05, 0.1) is 16.8 Å². The van der Waals surface area contributed by atoms with Gasteiger partial charge in [-0.05, 0) is 16.7 Å². The lowest BCUT2D eigenvalue weighted by Gasteiger charge is -2.09. The van der Waals surface area contributed by atoms with Gasteiger partial charge >= 0.3 is 0 Å². The molecule has 1 aliphatic heterocycles. The third-order valence-electron chi connectivity index (χ3n) is 4.05. The fraction of sp³-hybridized carbons (Fsp3) is 0.0952. The fourth-order valence-electron chi connectivity index (χ4n) is 2.90. The van der Waals surface area contributed by atoms with E-state index in [2.05, 4.69) is 78.9 Å². The third-order valence-corrected chi connectivity index (χ3v) is 5.39. The third kappa shape index (κ3) is 2.95. The Hall–Kier alpha value is -2.32. The Morgan fingerprint density at radius 2 is 1.39 bits per heavy atom.